The molecule has 28 heavy (non-hydrogen) atoms. The molecule has 0 aliphatic carbocycles. The van der Waals surface area contributed by atoms with Gasteiger partial charge in [0.25, 0.3) is 0 Å². The van der Waals surface area contributed by atoms with E-state index in [4.69, 9.17) is 16.3 Å². The molecule has 2 aliphatic rings. The number of carbonyl (C=O) groups excluding carboxylic acids is 1. The highest BCUT2D eigenvalue weighted by atomic mass is 35.5. The molecule has 150 valence electrons. The standard InChI is InChI=1S/C18H21ClN4O4S/c1-22(2)18(24)27-17-15-5-3-4-14(13-10-20-21-16(13)17)23(15)28(25,26)12-8-6-11(19)7-9-12/h6-10,14-15,17H,3-5H2,1-2H3,(H,20,21). The van der Waals surface area contributed by atoms with Crippen molar-refractivity contribution in [3.05, 3.63) is 46.7 Å². The molecule has 4 rings (SSSR count). The van der Waals surface area contributed by atoms with Gasteiger partial charge < -0.3 is 9.64 Å². The average molecular weight is 425 g/mol. The Morgan fingerprint density at radius 1 is 1.29 bits per heavy atom. The Morgan fingerprint density at radius 3 is 2.68 bits per heavy atom. The van der Waals surface area contributed by atoms with Gasteiger partial charge in [-0.15, -0.1) is 0 Å². The van der Waals surface area contributed by atoms with E-state index >= 15 is 0 Å². The van der Waals surface area contributed by atoms with Crippen LogP contribution in [0.2, 0.25) is 5.02 Å². The van der Waals surface area contributed by atoms with Crippen LogP contribution >= 0.6 is 11.6 Å². The van der Waals surface area contributed by atoms with E-state index in [-0.39, 0.29) is 10.9 Å². The minimum absolute atomic E-state index is 0.165. The average Bonchev–Trinajstić information content (AvgIpc) is 3.14. The van der Waals surface area contributed by atoms with Gasteiger partial charge in [-0.1, -0.05) is 11.6 Å². The zero-order valence-electron chi connectivity index (χ0n) is 15.5. The van der Waals surface area contributed by atoms with E-state index < -0.39 is 28.3 Å². The number of carbonyl (C=O) groups is 1. The van der Waals surface area contributed by atoms with Gasteiger partial charge >= 0.3 is 6.09 Å². The van der Waals surface area contributed by atoms with E-state index in [1.165, 1.54) is 21.3 Å². The minimum atomic E-state index is -3.82. The van der Waals surface area contributed by atoms with Gasteiger partial charge in [-0.05, 0) is 43.5 Å². The molecule has 2 aromatic rings. The molecular formula is C18H21ClN4O4S. The van der Waals surface area contributed by atoms with Gasteiger partial charge in [0.05, 0.1) is 28.9 Å². The predicted octanol–water partition coefficient (Wildman–Crippen LogP) is 3.10. The highest BCUT2D eigenvalue weighted by Gasteiger charge is 2.51. The summed E-state index contributed by atoms with van der Waals surface area (Å²) in [5.74, 6) is 0. The first kappa shape index (κ1) is 19.2. The number of hydrogen-bond donors (Lipinski definition) is 1. The van der Waals surface area contributed by atoms with Crippen molar-refractivity contribution in [3.63, 3.8) is 0 Å². The van der Waals surface area contributed by atoms with Crippen LogP contribution in [-0.4, -0.2) is 54.1 Å². The largest absolute Gasteiger partial charge is 0.438 e. The van der Waals surface area contributed by atoms with Gasteiger partial charge in [0, 0.05) is 24.7 Å². The van der Waals surface area contributed by atoms with E-state index in [2.05, 4.69) is 10.2 Å². The molecule has 3 unspecified atom stereocenters. The summed E-state index contributed by atoms with van der Waals surface area (Å²) in [5.41, 5.74) is 1.43. The number of hydrogen-bond acceptors (Lipinski definition) is 5. The zero-order valence-corrected chi connectivity index (χ0v) is 17.1. The fraction of sp³-hybridized carbons (Fsp3) is 0.444. The molecule has 1 N–H and O–H groups in total. The normalized spacial score (nSPS) is 24.5. The summed E-state index contributed by atoms with van der Waals surface area (Å²) in [6, 6.07) is 5.26. The maximum absolute atomic E-state index is 13.5. The third-order valence-electron chi connectivity index (χ3n) is 5.29. The molecule has 1 saturated heterocycles. The van der Waals surface area contributed by atoms with Gasteiger partial charge in [-0.3, -0.25) is 5.10 Å². The second-order valence-electron chi connectivity index (χ2n) is 7.24. The highest BCUT2D eigenvalue weighted by molar-refractivity contribution is 7.89. The van der Waals surface area contributed by atoms with Crippen molar-refractivity contribution >= 4 is 27.7 Å². The summed E-state index contributed by atoms with van der Waals surface area (Å²) in [5, 5.41) is 7.48. The van der Waals surface area contributed by atoms with E-state index in [0.29, 0.717) is 23.6 Å². The first-order chi connectivity index (χ1) is 13.3. The number of aromatic nitrogens is 2. The Labute approximate surface area is 168 Å². The smallest absolute Gasteiger partial charge is 0.409 e. The van der Waals surface area contributed by atoms with Crippen LogP contribution in [-0.2, 0) is 14.8 Å². The number of halogens is 1. The summed E-state index contributed by atoms with van der Waals surface area (Å²) in [6.07, 6.45) is 2.46. The molecule has 1 amide bonds. The molecule has 10 heteroatoms. The Hall–Kier alpha value is -2.10. The monoisotopic (exact) mass is 424 g/mol. The second-order valence-corrected chi connectivity index (χ2v) is 9.52. The maximum Gasteiger partial charge on any atom is 0.409 e. The number of benzene rings is 1. The van der Waals surface area contributed by atoms with Gasteiger partial charge in [-0.2, -0.15) is 9.40 Å². The Morgan fingerprint density at radius 2 is 2.00 bits per heavy atom. The molecule has 0 radical (unpaired) electrons. The summed E-state index contributed by atoms with van der Waals surface area (Å²) in [7, 11) is -0.643. The number of fused-ring (bicyclic) bond motifs is 4. The van der Waals surface area contributed by atoms with Crippen LogP contribution in [0.3, 0.4) is 0 Å². The summed E-state index contributed by atoms with van der Waals surface area (Å²) in [4.78, 5) is 13.7. The molecule has 1 aromatic carbocycles. The van der Waals surface area contributed by atoms with E-state index in [9.17, 15) is 13.2 Å². The minimum Gasteiger partial charge on any atom is -0.438 e. The fourth-order valence-corrected chi connectivity index (χ4v) is 5.98. The molecule has 0 spiro atoms. The van der Waals surface area contributed by atoms with Crippen molar-refractivity contribution in [2.45, 2.75) is 42.3 Å². The van der Waals surface area contributed by atoms with Crippen LogP contribution in [0.4, 0.5) is 4.79 Å². The topological polar surface area (TPSA) is 95.6 Å². The summed E-state index contributed by atoms with van der Waals surface area (Å²) >= 11 is 5.92. The SMILES string of the molecule is CN(C)C(=O)OC1c2[nH]ncc2C2CCCC1N2S(=O)(=O)c1ccc(Cl)cc1. The van der Waals surface area contributed by atoms with Gasteiger partial charge in [-0.25, -0.2) is 13.2 Å². The molecule has 2 bridgehead atoms. The molecular weight excluding hydrogens is 404 g/mol. The summed E-state index contributed by atoms with van der Waals surface area (Å²) in [6.45, 7) is 0. The molecule has 0 saturated carbocycles. The number of piperidine rings is 1. The van der Waals surface area contributed by atoms with Gasteiger partial charge in [0.1, 0.15) is 0 Å². The third kappa shape index (κ3) is 3.07. The van der Waals surface area contributed by atoms with Crippen molar-refractivity contribution in [1.82, 2.24) is 19.4 Å². The number of ether oxygens (including phenoxy) is 1. The Kier molecular flexibility index (Phi) is 4.84. The van der Waals surface area contributed by atoms with Crippen LogP contribution in [0.1, 0.15) is 42.7 Å². The molecule has 1 fully saturated rings. The van der Waals surface area contributed by atoms with Crippen molar-refractivity contribution in [2.75, 3.05) is 14.1 Å². The van der Waals surface area contributed by atoms with Crippen LogP contribution in [0.25, 0.3) is 0 Å². The number of amides is 1. The number of H-pyrrole nitrogens is 1. The second kappa shape index (κ2) is 7.06. The lowest BCUT2D eigenvalue weighted by atomic mass is 9.84. The van der Waals surface area contributed by atoms with Crippen molar-refractivity contribution < 1.29 is 17.9 Å². The van der Waals surface area contributed by atoms with Crippen molar-refractivity contribution in [1.29, 1.82) is 0 Å². The molecule has 2 aliphatic heterocycles. The number of aromatic amines is 1. The predicted molar refractivity (Wildman–Crippen MR) is 102 cm³/mol. The van der Waals surface area contributed by atoms with Crippen LogP contribution in [0.15, 0.2) is 35.4 Å². The Bertz CT molecular complexity index is 989. The van der Waals surface area contributed by atoms with E-state index in [1.807, 2.05) is 0 Å². The zero-order chi connectivity index (χ0) is 20.1. The van der Waals surface area contributed by atoms with Gasteiger partial charge in [0.15, 0.2) is 6.10 Å². The number of rotatable bonds is 3. The van der Waals surface area contributed by atoms with Gasteiger partial charge in [0.2, 0.25) is 10.0 Å². The van der Waals surface area contributed by atoms with Crippen molar-refractivity contribution in [3.8, 4) is 0 Å². The van der Waals surface area contributed by atoms with E-state index in [0.717, 1.165) is 12.0 Å². The van der Waals surface area contributed by atoms with Crippen LogP contribution in [0, 0.1) is 0 Å². The summed E-state index contributed by atoms with van der Waals surface area (Å²) < 4.78 is 34.2. The van der Waals surface area contributed by atoms with Crippen LogP contribution < -0.4 is 0 Å². The van der Waals surface area contributed by atoms with E-state index in [1.54, 1.807) is 32.4 Å². The van der Waals surface area contributed by atoms with Crippen molar-refractivity contribution in [2.24, 2.45) is 0 Å². The van der Waals surface area contributed by atoms with Crippen LogP contribution in [0.5, 0.6) is 0 Å². The molecule has 3 atom stereocenters. The molecule has 1 aromatic heterocycles. The first-order valence-electron chi connectivity index (χ1n) is 9.01. The maximum atomic E-state index is 13.5. The lowest BCUT2D eigenvalue weighted by Gasteiger charge is -2.47. The Balaban J connectivity index is 1.80. The molecule has 8 nitrogen and oxygen atoms in total. The lowest BCUT2D eigenvalue weighted by Crippen LogP contribution is -2.52. The lowest BCUT2D eigenvalue weighted by molar-refractivity contribution is -0.00325. The fourth-order valence-electron chi connectivity index (χ4n) is 4.00. The number of sulfonamides is 1. The first-order valence-corrected chi connectivity index (χ1v) is 10.8. The quantitative estimate of drug-likeness (QED) is 0.816. The number of nitrogens with zero attached hydrogens (tertiary/aromatic N) is 3. The number of nitrogens with one attached hydrogen (secondary N) is 1. The third-order valence-corrected chi connectivity index (χ3v) is 7.49. The molecule has 3 heterocycles. The highest BCUT2D eigenvalue weighted by Crippen LogP contribution is 2.49.